The van der Waals surface area contributed by atoms with Crippen LogP contribution in [0.15, 0.2) is 88.3 Å². The topological polar surface area (TPSA) is 60.9 Å². The average molecular weight is 447 g/mol. The molecule has 5 rings (SSSR count). The number of benzene rings is 3. The number of aromatic nitrogens is 3. The molecule has 0 spiro atoms. The van der Waals surface area contributed by atoms with Gasteiger partial charge >= 0.3 is 6.18 Å². The predicted octanol–water partition coefficient (Wildman–Crippen LogP) is 6.03. The van der Waals surface area contributed by atoms with E-state index in [4.69, 9.17) is 4.52 Å². The molecule has 0 N–H and O–H groups in total. The fourth-order valence-corrected chi connectivity index (χ4v) is 3.72. The Morgan fingerprint density at radius 3 is 2.42 bits per heavy atom. The molecule has 33 heavy (non-hydrogen) atoms. The number of hydrogen-bond acceptors (Lipinski definition) is 4. The van der Waals surface area contributed by atoms with Crippen LogP contribution in [0.4, 0.5) is 13.2 Å². The average Bonchev–Trinajstić information content (AvgIpc) is 3.29. The van der Waals surface area contributed by atoms with E-state index in [1.54, 1.807) is 30.5 Å². The maximum Gasteiger partial charge on any atom is 0.416 e. The van der Waals surface area contributed by atoms with Crippen LogP contribution in [0.3, 0.4) is 0 Å². The number of halogens is 3. The Labute approximate surface area is 185 Å². The first-order valence-corrected chi connectivity index (χ1v) is 10.0. The lowest BCUT2D eigenvalue weighted by molar-refractivity contribution is -0.137. The molecule has 0 unspecified atom stereocenters. The molecular formula is C25H16F3N3O2. The Morgan fingerprint density at radius 1 is 0.909 bits per heavy atom. The summed E-state index contributed by atoms with van der Waals surface area (Å²) in [7, 11) is 0. The van der Waals surface area contributed by atoms with Crippen molar-refractivity contribution in [2.45, 2.75) is 13.1 Å². The molecule has 8 heteroatoms. The number of alkyl halides is 3. The Kier molecular flexibility index (Phi) is 4.85. The van der Waals surface area contributed by atoms with Gasteiger partial charge in [-0.05, 0) is 42.8 Å². The van der Waals surface area contributed by atoms with Crippen molar-refractivity contribution in [3.8, 4) is 28.5 Å². The van der Waals surface area contributed by atoms with Crippen molar-refractivity contribution in [1.82, 2.24) is 14.7 Å². The molecule has 5 aromatic rings. The van der Waals surface area contributed by atoms with Crippen molar-refractivity contribution in [1.29, 1.82) is 0 Å². The summed E-state index contributed by atoms with van der Waals surface area (Å²) in [5, 5.41) is 4.95. The van der Waals surface area contributed by atoms with Crippen molar-refractivity contribution < 1.29 is 17.7 Å². The van der Waals surface area contributed by atoms with E-state index in [0.717, 1.165) is 17.7 Å². The van der Waals surface area contributed by atoms with E-state index in [9.17, 15) is 18.0 Å². The number of hydrogen-bond donors (Lipinski definition) is 0. The minimum atomic E-state index is -4.48. The highest BCUT2D eigenvalue weighted by molar-refractivity contribution is 5.94. The van der Waals surface area contributed by atoms with Gasteiger partial charge in [0.25, 0.3) is 11.4 Å². The minimum Gasteiger partial charge on any atom is -0.334 e. The molecule has 2 heterocycles. The molecule has 164 valence electrons. The van der Waals surface area contributed by atoms with Crippen LogP contribution in [0, 0.1) is 6.92 Å². The number of nitrogens with zero attached hydrogens (tertiary/aromatic N) is 3. The molecule has 0 amide bonds. The number of rotatable bonds is 3. The lowest BCUT2D eigenvalue weighted by Crippen LogP contribution is -2.18. The summed E-state index contributed by atoms with van der Waals surface area (Å²) in [5.74, 6) is 0.119. The van der Waals surface area contributed by atoms with Crippen LogP contribution in [0.2, 0.25) is 0 Å². The predicted molar refractivity (Wildman–Crippen MR) is 118 cm³/mol. The normalized spacial score (nSPS) is 11.8. The van der Waals surface area contributed by atoms with Crippen LogP contribution >= 0.6 is 0 Å². The van der Waals surface area contributed by atoms with E-state index >= 15 is 0 Å². The van der Waals surface area contributed by atoms with E-state index in [1.807, 2.05) is 31.2 Å². The lowest BCUT2D eigenvalue weighted by atomic mass is 10.1. The molecule has 2 aromatic heterocycles. The molecule has 0 atom stereocenters. The highest BCUT2D eigenvalue weighted by atomic mass is 19.4. The van der Waals surface area contributed by atoms with Gasteiger partial charge in [0.15, 0.2) is 0 Å². The third kappa shape index (κ3) is 3.80. The second-order valence-corrected chi connectivity index (χ2v) is 7.60. The third-order valence-corrected chi connectivity index (χ3v) is 5.31. The van der Waals surface area contributed by atoms with Gasteiger partial charge in [0, 0.05) is 28.2 Å². The van der Waals surface area contributed by atoms with Crippen LogP contribution in [-0.4, -0.2) is 14.7 Å². The molecule has 0 fully saturated rings. The summed E-state index contributed by atoms with van der Waals surface area (Å²) < 4.78 is 46.2. The minimum absolute atomic E-state index is 0.0217. The van der Waals surface area contributed by atoms with Gasteiger partial charge in [-0.2, -0.15) is 18.2 Å². The van der Waals surface area contributed by atoms with Gasteiger partial charge in [-0.3, -0.25) is 9.36 Å². The van der Waals surface area contributed by atoms with Crippen LogP contribution in [-0.2, 0) is 6.18 Å². The lowest BCUT2D eigenvalue weighted by Gasteiger charge is -2.11. The van der Waals surface area contributed by atoms with Crippen LogP contribution in [0.25, 0.3) is 39.3 Å². The molecule has 0 radical (unpaired) electrons. The van der Waals surface area contributed by atoms with Gasteiger partial charge in [0.1, 0.15) is 0 Å². The first kappa shape index (κ1) is 20.7. The third-order valence-electron chi connectivity index (χ3n) is 5.31. The van der Waals surface area contributed by atoms with Crippen molar-refractivity contribution in [2.24, 2.45) is 0 Å². The Hall–Kier alpha value is -4.20. The molecular weight excluding hydrogens is 431 g/mol. The highest BCUT2D eigenvalue weighted by Gasteiger charge is 2.31. The monoisotopic (exact) mass is 447 g/mol. The zero-order valence-corrected chi connectivity index (χ0v) is 17.3. The maximum atomic E-state index is 13.2. The largest absolute Gasteiger partial charge is 0.416 e. The summed E-state index contributed by atoms with van der Waals surface area (Å²) in [6, 6.07) is 19.2. The van der Waals surface area contributed by atoms with Crippen LogP contribution in [0.1, 0.15) is 11.1 Å². The molecule has 0 aliphatic heterocycles. The number of fused-ring (bicyclic) bond motifs is 1. The molecule has 0 aliphatic rings. The molecule has 0 bridgehead atoms. The van der Waals surface area contributed by atoms with E-state index < -0.39 is 11.7 Å². The van der Waals surface area contributed by atoms with Gasteiger partial charge in [-0.15, -0.1) is 0 Å². The number of pyridine rings is 1. The molecule has 0 saturated heterocycles. The van der Waals surface area contributed by atoms with Gasteiger partial charge < -0.3 is 4.52 Å². The summed E-state index contributed by atoms with van der Waals surface area (Å²) in [4.78, 5) is 17.5. The van der Waals surface area contributed by atoms with E-state index in [2.05, 4.69) is 10.1 Å². The van der Waals surface area contributed by atoms with Crippen molar-refractivity contribution >= 4 is 10.8 Å². The van der Waals surface area contributed by atoms with E-state index in [-0.39, 0.29) is 22.8 Å². The summed E-state index contributed by atoms with van der Waals surface area (Å²) in [5.41, 5.74) is 1.32. The van der Waals surface area contributed by atoms with Gasteiger partial charge in [-0.1, -0.05) is 47.6 Å². The zero-order valence-electron chi connectivity index (χ0n) is 17.3. The molecule has 5 nitrogen and oxygen atoms in total. The van der Waals surface area contributed by atoms with Gasteiger partial charge in [0.05, 0.1) is 11.1 Å². The first-order chi connectivity index (χ1) is 15.8. The van der Waals surface area contributed by atoms with E-state index in [0.29, 0.717) is 22.0 Å². The zero-order chi connectivity index (χ0) is 23.2. The van der Waals surface area contributed by atoms with Crippen LogP contribution in [0.5, 0.6) is 0 Å². The van der Waals surface area contributed by atoms with Crippen molar-refractivity contribution in [3.05, 3.63) is 100 Å². The Morgan fingerprint density at radius 2 is 1.67 bits per heavy atom. The molecule has 0 aliphatic carbocycles. The fraction of sp³-hybridized carbons (Fsp3) is 0.0800. The first-order valence-electron chi connectivity index (χ1n) is 10.0. The summed E-state index contributed by atoms with van der Waals surface area (Å²) in [6.45, 7) is 1.93. The second-order valence-electron chi connectivity index (χ2n) is 7.60. The summed E-state index contributed by atoms with van der Waals surface area (Å²) in [6.07, 6.45) is -2.87. The maximum absolute atomic E-state index is 13.2. The van der Waals surface area contributed by atoms with E-state index in [1.165, 1.54) is 16.7 Å². The quantitative estimate of drug-likeness (QED) is 0.339. The molecule has 0 saturated carbocycles. The SMILES string of the molecule is Cc1cccc(-n2cc(-c3nc(-c4cccc(C(F)(F)F)c4)no3)c3ccccc3c2=O)c1. The van der Waals surface area contributed by atoms with Gasteiger partial charge in [0.2, 0.25) is 5.82 Å². The van der Waals surface area contributed by atoms with Gasteiger partial charge in [-0.25, -0.2) is 0 Å². The standard InChI is InChI=1S/C25H16F3N3O2/c1-15-6-4-9-18(12-15)31-14-21(19-10-2-3-11-20(19)24(31)32)23-29-22(30-33-23)16-7-5-8-17(13-16)25(26,27)28/h2-14H,1H3. The van der Waals surface area contributed by atoms with Crippen molar-refractivity contribution in [2.75, 3.05) is 0 Å². The Bertz CT molecular complexity index is 1550. The fourth-order valence-electron chi connectivity index (χ4n) is 3.72. The highest BCUT2D eigenvalue weighted by Crippen LogP contribution is 2.33. The van der Waals surface area contributed by atoms with Crippen molar-refractivity contribution in [3.63, 3.8) is 0 Å². The second kappa shape index (κ2) is 7.74. The Balaban J connectivity index is 1.68. The number of aryl methyl sites for hydroxylation is 1. The molecule has 3 aromatic carbocycles. The smallest absolute Gasteiger partial charge is 0.334 e. The summed E-state index contributed by atoms with van der Waals surface area (Å²) >= 11 is 0. The van der Waals surface area contributed by atoms with Crippen LogP contribution < -0.4 is 5.56 Å².